The Balaban J connectivity index is 3.24. The normalized spacial score (nSPS) is 10.1. The average molecular weight is 240 g/mol. The quantitative estimate of drug-likeness (QED) is 0.786. The summed E-state index contributed by atoms with van der Waals surface area (Å²) in [7, 11) is 0. The molecule has 0 saturated carbocycles. The fourth-order valence-electron chi connectivity index (χ4n) is 2.20. The van der Waals surface area contributed by atoms with Crippen molar-refractivity contribution in [2.24, 2.45) is 5.92 Å². The van der Waals surface area contributed by atoms with E-state index in [0.29, 0.717) is 12.3 Å². The van der Waals surface area contributed by atoms with Crippen LogP contribution in [0.15, 0.2) is 12.1 Å². The highest BCUT2D eigenvalue weighted by Crippen LogP contribution is 2.21. The van der Waals surface area contributed by atoms with Crippen molar-refractivity contribution >= 4 is 0 Å². The summed E-state index contributed by atoms with van der Waals surface area (Å²) in [4.78, 5) is 0. The summed E-state index contributed by atoms with van der Waals surface area (Å²) in [6, 6.07) is 8.49. The summed E-state index contributed by atoms with van der Waals surface area (Å²) in [5, 5.41) is 18.1. The number of hydrogen-bond donors (Lipinski definition) is 0. The predicted molar refractivity (Wildman–Crippen MR) is 73.0 cm³/mol. The minimum atomic E-state index is 0.395. The first-order valence-electron chi connectivity index (χ1n) is 6.54. The van der Waals surface area contributed by atoms with E-state index >= 15 is 0 Å². The standard InChI is InChI=1S/C16H20N2/c1-4-5-13-9-15(8-12(2)3)16(11-18)10-14(13)6-7-17/h9-10,12H,4-6,8H2,1-3H3. The first-order chi connectivity index (χ1) is 8.62. The van der Waals surface area contributed by atoms with E-state index < -0.39 is 0 Å². The minimum absolute atomic E-state index is 0.395. The molecule has 1 rings (SSSR count). The maximum atomic E-state index is 9.21. The average Bonchev–Trinajstić information content (AvgIpc) is 2.32. The Morgan fingerprint density at radius 3 is 2.33 bits per heavy atom. The smallest absolute Gasteiger partial charge is 0.0994 e. The molecule has 0 unspecified atom stereocenters. The second-order valence-corrected chi connectivity index (χ2v) is 5.07. The second kappa shape index (κ2) is 6.82. The monoisotopic (exact) mass is 240 g/mol. The molecular weight excluding hydrogens is 220 g/mol. The third-order valence-electron chi connectivity index (χ3n) is 2.96. The van der Waals surface area contributed by atoms with Crippen LogP contribution in [0.25, 0.3) is 0 Å². The number of nitriles is 2. The lowest BCUT2D eigenvalue weighted by atomic mass is 9.91. The third kappa shape index (κ3) is 3.60. The molecule has 0 aliphatic carbocycles. The summed E-state index contributed by atoms with van der Waals surface area (Å²) in [6.07, 6.45) is 3.36. The number of aryl methyl sites for hydroxylation is 1. The Bertz CT molecular complexity index is 487. The summed E-state index contributed by atoms with van der Waals surface area (Å²) >= 11 is 0. The van der Waals surface area contributed by atoms with Gasteiger partial charge in [-0.1, -0.05) is 33.3 Å². The van der Waals surface area contributed by atoms with Gasteiger partial charge in [0.1, 0.15) is 0 Å². The van der Waals surface area contributed by atoms with Crippen LogP contribution in [0.1, 0.15) is 49.4 Å². The molecule has 0 fully saturated rings. The van der Waals surface area contributed by atoms with Crippen LogP contribution in [-0.2, 0) is 19.3 Å². The Morgan fingerprint density at radius 1 is 1.11 bits per heavy atom. The van der Waals surface area contributed by atoms with Crippen molar-refractivity contribution in [2.75, 3.05) is 0 Å². The van der Waals surface area contributed by atoms with Gasteiger partial charge in [0, 0.05) is 0 Å². The lowest BCUT2D eigenvalue weighted by Gasteiger charge is -2.13. The summed E-state index contributed by atoms with van der Waals surface area (Å²) in [5.41, 5.74) is 4.10. The van der Waals surface area contributed by atoms with Gasteiger partial charge in [0.25, 0.3) is 0 Å². The van der Waals surface area contributed by atoms with Crippen molar-refractivity contribution in [2.45, 2.75) is 46.5 Å². The molecular formula is C16H20N2. The zero-order valence-electron chi connectivity index (χ0n) is 11.5. The summed E-state index contributed by atoms with van der Waals surface area (Å²) in [6.45, 7) is 6.45. The maximum absolute atomic E-state index is 9.21. The van der Waals surface area contributed by atoms with Crippen molar-refractivity contribution in [1.29, 1.82) is 10.5 Å². The van der Waals surface area contributed by atoms with Crippen LogP contribution >= 0.6 is 0 Å². The first-order valence-corrected chi connectivity index (χ1v) is 6.54. The molecule has 2 heteroatoms. The molecule has 0 N–H and O–H groups in total. The van der Waals surface area contributed by atoms with E-state index in [1.165, 1.54) is 5.56 Å². The lowest BCUT2D eigenvalue weighted by Crippen LogP contribution is -2.02. The lowest BCUT2D eigenvalue weighted by molar-refractivity contribution is 0.645. The molecule has 0 aliphatic heterocycles. The fraction of sp³-hybridized carbons (Fsp3) is 0.500. The van der Waals surface area contributed by atoms with E-state index in [9.17, 15) is 5.26 Å². The van der Waals surface area contributed by atoms with Crippen LogP contribution in [0.4, 0.5) is 0 Å². The third-order valence-corrected chi connectivity index (χ3v) is 2.96. The van der Waals surface area contributed by atoms with Gasteiger partial charge in [-0.2, -0.15) is 10.5 Å². The first kappa shape index (κ1) is 14.3. The van der Waals surface area contributed by atoms with Crippen molar-refractivity contribution in [1.82, 2.24) is 0 Å². The van der Waals surface area contributed by atoms with Gasteiger partial charge in [-0.3, -0.25) is 0 Å². The van der Waals surface area contributed by atoms with E-state index in [4.69, 9.17) is 5.26 Å². The molecule has 0 heterocycles. The number of hydrogen-bond acceptors (Lipinski definition) is 2. The molecule has 18 heavy (non-hydrogen) atoms. The Morgan fingerprint density at radius 2 is 1.83 bits per heavy atom. The molecule has 0 radical (unpaired) electrons. The summed E-state index contributed by atoms with van der Waals surface area (Å²) < 4.78 is 0. The van der Waals surface area contributed by atoms with Gasteiger partial charge >= 0.3 is 0 Å². The Labute approximate surface area is 110 Å². The number of nitrogens with zero attached hydrogens (tertiary/aromatic N) is 2. The van der Waals surface area contributed by atoms with E-state index in [0.717, 1.165) is 36.0 Å². The van der Waals surface area contributed by atoms with Crippen molar-refractivity contribution in [3.05, 3.63) is 34.4 Å². The van der Waals surface area contributed by atoms with Gasteiger partial charge in [0.2, 0.25) is 0 Å². The molecule has 0 aliphatic rings. The number of benzene rings is 1. The zero-order valence-corrected chi connectivity index (χ0v) is 11.5. The molecule has 0 bridgehead atoms. The molecule has 1 aromatic carbocycles. The van der Waals surface area contributed by atoms with Crippen molar-refractivity contribution < 1.29 is 0 Å². The van der Waals surface area contributed by atoms with Crippen molar-refractivity contribution in [3.8, 4) is 12.1 Å². The predicted octanol–water partition coefficient (Wildman–Crippen LogP) is 3.78. The van der Waals surface area contributed by atoms with Crippen LogP contribution in [-0.4, -0.2) is 0 Å². The Kier molecular flexibility index (Phi) is 5.40. The molecule has 94 valence electrons. The van der Waals surface area contributed by atoms with Crippen molar-refractivity contribution in [3.63, 3.8) is 0 Å². The van der Waals surface area contributed by atoms with Crippen LogP contribution in [0.5, 0.6) is 0 Å². The molecule has 0 spiro atoms. The van der Waals surface area contributed by atoms with Crippen LogP contribution in [0, 0.1) is 28.6 Å². The highest BCUT2D eigenvalue weighted by atomic mass is 14.3. The molecule has 0 aromatic heterocycles. The fourth-order valence-corrected chi connectivity index (χ4v) is 2.20. The Hall–Kier alpha value is -1.80. The van der Waals surface area contributed by atoms with E-state index in [1.807, 2.05) is 6.07 Å². The van der Waals surface area contributed by atoms with Crippen LogP contribution < -0.4 is 0 Å². The van der Waals surface area contributed by atoms with Crippen LogP contribution in [0.3, 0.4) is 0 Å². The molecule has 0 atom stereocenters. The topological polar surface area (TPSA) is 47.6 Å². The van der Waals surface area contributed by atoms with Gasteiger partial charge in [0.05, 0.1) is 24.1 Å². The largest absolute Gasteiger partial charge is 0.198 e. The SMILES string of the molecule is CCCc1cc(CC(C)C)c(C#N)cc1CC#N. The zero-order chi connectivity index (χ0) is 13.5. The van der Waals surface area contributed by atoms with Gasteiger partial charge in [0.15, 0.2) is 0 Å². The second-order valence-electron chi connectivity index (χ2n) is 5.07. The molecule has 2 nitrogen and oxygen atoms in total. The minimum Gasteiger partial charge on any atom is -0.198 e. The van der Waals surface area contributed by atoms with Crippen LogP contribution in [0.2, 0.25) is 0 Å². The summed E-state index contributed by atoms with van der Waals surface area (Å²) in [5.74, 6) is 0.536. The van der Waals surface area contributed by atoms with Gasteiger partial charge < -0.3 is 0 Å². The molecule has 1 aromatic rings. The van der Waals surface area contributed by atoms with Gasteiger partial charge in [-0.25, -0.2) is 0 Å². The highest BCUT2D eigenvalue weighted by Gasteiger charge is 2.10. The van der Waals surface area contributed by atoms with E-state index in [2.05, 4.69) is 39.0 Å². The van der Waals surface area contributed by atoms with E-state index in [-0.39, 0.29) is 0 Å². The van der Waals surface area contributed by atoms with Gasteiger partial charge in [-0.15, -0.1) is 0 Å². The maximum Gasteiger partial charge on any atom is 0.0994 e. The van der Waals surface area contributed by atoms with E-state index in [1.54, 1.807) is 0 Å². The molecule has 0 amide bonds. The molecule has 0 saturated heterocycles. The number of rotatable bonds is 5. The van der Waals surface area contributed by atoms with Gasteiger partial charge in [-0.05, 0) is 41.5 Å². The highest BCUT2D eigenvalue weighted by molar-refractivity contribution is 5.46.